The molecule has 0 atom stereocenters. The third-order valence-corrected chi connectivity index (χ3v) is 5.17. The van der Waals surface area contributed by atoms with Gasteiger partial charge in [0.2, 0.25) is 0 Å². The van der Waals surface area contributed by atoms with Crippen LogP contribution in [0.15, 0.2) is 47.0 Å². The second-order valence-corrected chi connectivity index (χ2v) is 9.49. The number of aromatic nitrogens is 2. The highest BCUT2D eigenvalue weighted by Gasteiger charge is 2.26. The molecule has 0 aliphatic heterocycles. The van der Waals surface area contributed by atoms with E-state index in [0.717, 1.165) is 29.1 Å². The van der Waals surface area contributed by atoms with Gasteiger partial charge >= 0.3 is 0 Å². The van der Waals surface area contributed by atoms with Gasteiger partial charge in [0.1, 0.15) is 17.0 Å². The average molecular weight is 361 g/mol. The standard InChI is InChI=1S/C24H28N2O/c1-23(2,3)18-11-12-25-22-17(18)13-15(26-22)14-20-21(24(4,5)6)16-9-7-8-10-19(16)27-20/h7-13H,14H2,1-6H3,(H,25,26). The van der Waals surface area contributed by atoms with E-state index in [4.69, 9.17) is 4.42 Å². The van der Waals surface area contributed by atoms with Crippen molar-refractivity contribution >= 4 is 22.0 Å². The molecule has 0 aliphatic rings. The predicted octanol–water partition coefficient (Wildman–Crippen LogP) is 6.49. The zero-order chi connectivity index (χ0) is 19.4. The molecule has 3 heteroatoms. The number of para-hydroxylation sites is 1. The second-order valence-electron chi connectivity index (χ2n) is 9.49. The van der Waals surface area contributed by atoms with Gasteiger partial charge in [0.15, 0.2) is 0 Å². The molecule has 0 bridgehead atoms. The summed E-state index contributed by atoms with van der Waals surface area (Å²) in [6.07, 6.45) is 2.63. The first-order valence-electron chi connectivity index (χ1n) is 9.62. The van der Waals surface area contributed by atoms with E-state index in [2.05, 4.69) is 81.8 Å². The molecular weight excluding hydrogens is 332 g/mol. The normalized spacial score (nSPS) is 13.0. The fourth-order valence-corrected chi connectivity index (χ4v) is 4.05. The van der Waals surface area contributed by atoms with E-state index in [9.17, 15) is 0 Å². The van der Waals surface area contributed by atoms with Crippen molar-refractivity contribution in [3.8, 4) is 0 Å². The van der Waals surface area contributed by atoms with E-state index in [1.807, 2.05) is 12.3 Å². The molecule has 0 saturated heterocycles. The Hall–Kier alpha value is -2.55. The lowest BCUT2D eigenvalue weighted by Gasteiger charge is -2.19. The van der Waals surface area contributed by atoms with Gasteiger partial charge in [-0.25, -0.2) is 4.98 Å². The molecule has 0 saturated carbocycles. The minimum absolute atomic E-state index is 0.0166. The van der Waals surface area contributed by atoms with Crippen LogP contribution >= 0.6 is 0 Å². The summed E-state index contributed by atoms with van der Waals surface area (Å²) in [6.45, 7) is 13.5. The van der Waals surface area contributed by atoms with Crippen molar-refractivity contribution in [2.75, 3.05) is 0 Å². The molecule has 3 nitrogen and oxygen atoms in total. The molecule has 1 aromatic carbocycles. The Morgan fingerprint density at radius 2 is 1.67 bits per heavy atom. The zero-order valence-corrected chi connectivity index (χ0v) is 17.1. The van der Waals surface area contributed by atoms with Gasteiger partial charge in [-0.2, -0.15) is 0 Å². The summed E-state index contributed by atoms with van der Waals surface area (Å²) in [6, 6.07) is 12.7. The van der Waals surface area contributed by atoms with E-state index < -0.39 is 0 Å². The molecule has 0 spiro atoms. The van der Waals surface area contributed by atoms with Crippen LogP contribution in [-0.2, 0) is 17.3 Å². The highest BCUT2D eigenvalue weighted by atomic mass is 16.3. The SMILES string of the molecule is CC(C)(C)c1ccnc2[nH]c(Cc3oc4ccccc4c3C(C)(C)C)cc12. The Balaban J connectivity index is 1.84. The summed E-state index contributed by atoms with van der Waals surface area (Å²) in [7, 11) is 0. The summed E-state index contributed by atoms with van der Waals surface area (Å²) in [5, 5.41) is 2.41. The first-order chi connectivity index (χ1) is 12.6. The molecule has 0 radical (unpaired) electrons. The maximum Gasteiger partial charge on any atom is 0.137 e. The highest BCUT2D eigenvalue weighted by Crippen LogP contribution is 2.37. The molecular formula is C24H28N2O. The van der Waals surface area contributed by atoms with E-state index >= 15 is 0 Å². The molecule has 0 fully saturated rings. The minimum Gasteiger partial charge on any atom is -0.460 e. The maximum absolute atomic E-state index is 6.28. The number of furan rings is 1. The molecule has 3 heterocycles. The second kappa shape index (κ2) is 5.98. The first-order valence-corrected chi connectivity index (χ1v) is 9.62. The van der Waals surface area contributed by atoms with Gasteiger partial charge in [-0.05, 0) is 34.6 Å². The van der Waals surface area contributed by atoms with Gasteiger partial charge in [0, 0.05) is 34.6 Å². The lowest BCUT2D eigenvalue weighted by molar-refractivity contribution is 0.517. The van der Waals surface area contributed by atoms with Crippen molar-refractivity contribution in [3.63, 3.8) is 0 Å². The predicted molar refractivity (Wildman–Crippen MR) is 113 cm³/mol. The Morgan fingerprint density at radius 1 is 0.926 bits per heavy atom. The third kappa shape index (κ3) is 3.16. The number of hydrogen-bond donors (Lipinski definition) is 1. The van der Waals surface area contributed by atoms with Gasteiger partial charge in [-0.1, -0.05) is 59.7 Å². The van der Waals surface area contributed by atoms with Crippen LogP contribution < -0.4 is 0 Å². The summed E-state index contributed by atoms with van der Waals surface area (Å²) < 4.78 is 6.28. The summed E-state index contributed by atoms with van der Waals surface area (Å²) in [5.41, 5.74) is 5.75. The van der Waals surface area contributed by atoms with E-state index in [0.29, 0.717) is 0 Å². The molecule has 4 aromatic rings. The largest absolute Gasteiger partial charge is 0.460 e. The van der Waals surface area contributed by atoms with Gasteiger partial charge < -0.3 is 9.40 Å². The van der Waals surface area contributed by atoms with Crippen molar-refractivity contribution < 1.29 is 4.42 Å². The summed E-state index contributed by atoms with van der Waals surface area (Å²) in [4.78, 5) is 8.05. The molecule has 1 N–H and O–H groups in total. The molecule has 140 valence electrons. The average Bonchev–Trinajstić information content (AvgIpc) is 3.12. The smallest absolute Gasteiger partial charge is 0.137 e. The van der Waals surface area contributed by atoms with Crippen LogP contribution in [0.3, 0.4) is 0 Å². The number of H-pyrrole nitrogens is 1. The number of benzene rings is 1. The van der Waals surface area contributed by atoms with E-state index in [-0.39, 0.29) is 10.8 Å². The van der Waals surface area contributed by atoms with E-state index in [1.165, 1.54) is 21.9 Å². The number of nitrogens with zero attached hydrogens (tertiary/aromatic N) is 1. The zero-order valence-electron chi connectivity index (χ0n) is 17.1. The lowest BCUT2D eigenvalue weighted by atomic mass is 9.84. The van der Waals surface area contributed by atoms with Crippen LogP contribution in [0.25, 0.3) is 22.0 Å². The number of aromatic amines is 1. The molecule has 27 heavy (non-hydrogen) atoms. The number of rotatable bonds is 2. The Labute approximate surface area is 160 Å². The Bertz CT molecular complexity index is 1120. The fraction of sp³-hybridized carbons (Fsp3) is 0.375. The molecule has 4 rings (SSSR count). The Morgan fingerprint density at radius 3 is 2.37 bits per heavy atom. The third-order valence-electron chi connectivity index (χ3n) is 5.17. The minimum atomic E-state index is 0.0166. The van der Waals surface area contributed by atoms with Crippen LogP contribution in [0, 0.1) is 0 Å². The number of pyridine rings is 1. The number of hydrogen-bond acceptors (Lipinski definition) is 2. The molecule has 0 aliphatic carbocycles. The summed E-state index contributed by atoms with van der Waals surface area (Å²) in [5.74, 6) is 1.03. The van der Waals surface area contributed by atoms with Crippen molar-refractivity contribution in [3.05, 3.63) is 65.2 Å². The number of nitrogens with one attached hydrogen (secondary N) is 1. The van der Waals surface area contributed by atoms with Crippen LogP contribution in [0.1, 0.15) is 64.1 Å². The van der Waals surface area contributed by atoms with Crippen LogP contribution in [-0.4, -0.2) is 9.97 Å². The quantitative estimate of drug-likeness (QED) is 0.443. The van der Waals surface area contributed by atoms with Gasteiger partial charge in [0.25, 0.3) is 0 Å². The van der Waals surface area contributed by atoms with Crippen LogP contribution in [0.4, 0.5) is 0 Å². The van der Waals surface area contributed by atoms with Crippen LogP contribution in [0.5, 0.6) is 0 Å². The Kier molecular flexibility index (Phi) is 3.95. The first kappa shape index (κ1) is 17.8. The lowest BCUT2D eigenvalue weighted by Crippen LogP contribution is -2.13. The van der Waals surface area contributed by atoms with Gasteiger partial charge in [-0.3, -0.25) is 0 Å². The highest BCUT2D eigenvalue weighted by molar-refractivity contribution is 5.84. The molecule has 0 amide bonds. The molecule has 0 unspecified atom stereocenters. The van der Waals surface area contributed by atoms with Crippen LogP contribution in [0.2, 0.25) is 0 Å². The van der Waals surface area contributed by atoms with Crippen molar-refractivity contribution in [2.24, 2.45) is 0 Å². The number of fused-ring (bicyclic) bond motifs is 2. The van der Waals surface area contributed by atoms with E-state index in [1.54, 1.807) is 0 Å². The monoisotopic (exact) mass is 360 g/mol. The van der Waals surface area contributed by atoms with Gasteiger partial charge in [-0.15, -0.1) is 0 Å². The topological polar surface area (TPSA) is 41.8 Å². The maximum atomic E-state index is 6.28. The van der Waals surface area contributed by atoms with Crippen molar-refractivity contribution in [2.45, 2.75) is 58.8 Å². The fourth-order valence-electron chi connectivity index (χ4n) is 4.05. The van der Waals surface area contributed by atoms with Gasteiger partial charge in [0.05, 0.1) is 0 Å². The molecule has 3 aromatic heterocycles. The summed E-state index contributed by atoms with van der Waals surface area (Å²) >= 11 is 0. The van der Waals surface area contributed by atoms with Crippen molar-refractivity contribution in [1.82, 2.24) is 9.97 Å². The van der Waals surface area contributed by atoms with Crippen molar-refractivity contribution in [1.29, 1.82) is 0 Å².